The summed E-state index contributed by atoms with van der Waals surface area (Å²) < 4.78 is 28.4. The van der Waals surface area contributed by atoms with Crippen molar-refractivity contribution in [1.29, 1.82) is 0 Å². The van der Waals surface area contributed by atoms with E-state index in [0.717, 1.165) is 9.54 Å². The van der Waals surface area contributed by atoms with Gasteiger partial charge in [-0.3, -0.25) is 4.79 Å². The molecule has 0 unspecified atom stereocenters. The molecule has 9 heteroatoms. The molecule has 1 fully saturated rings. The lowest BCUT2D eigenvalue weighted by molar-refractivity contribution is 0.112. The highest BCUT2D eigenvalue weighted by Crippen LogP contribution is 2.36. The lowest BCUT2D eigenvalue weighted by atomic mass is 9.87. The van der Waals surface area contributed by atoms with E-state index in [1.807, 2.05) is 6.07 Å². The van der Waals surface area contributed by atoms with E-state index in [1.165, 1.54) is 23.2 Å². The Morgan fingerprint density at radius 2 is 1.83 bits per heavy atom. The number of amides is 1. The molecule has 1 saturated heterocycles. The number of carbonyl (C=O) groups is 2. The molecule has 2 aromatic carbocycles. The van der Waals surface area contributed by atoms with Gasteiger partial charge in [-0.2, -0.15) is 0 Å². The number of hydrogen-bond donors (Lipinski definition) is 1. The molecular weight excluding hydrogens is 472 g/mol. The Morgan fingerprint density at radius 1 is 1.13 bits per heavy atom. The number of nitrogens with zero attached hydrogens (tertiary/aromatic N) is 2. The van der Waals surface area contributed by atoms with Crippen molar-refractivity contribution in [2.75, 3.05) is 13.1 Å². The monoisotopic (exact) mass is 490 g/mol. The number of carbonyl (C=O) groups excluding carboxylic acids is 1. The standard InChI is InChI=1S/C21H19BrN2O5S/c22-16-3-1-4-17(11-16)30(28,29)24-12-15(13-25)20-18(5-2-6-19(20)24)14-7-9-23(10-8-14)21(26)27/h1-6,11-14H,7-10H2,(H,26,27). The van der Waals surface area contributed by atoms with Crippen LogP contribution >= 0.6 is 15.9 Å². The Hall–Kier alpha value is -2.65. The predicted octanol–water partition coefficient (Wildman–Crippen LogP) is 4.31. The minimum absolute atomic E-state index is 0.0485. The van der Waals surface area contributed by atoms with Crippen LogP contribution in [0.5, 0.6) is 0 Å². The van der Waals surface area contributed by atoms with E-state index in [1.54, 1.807) is 24.3 Å². The minimum atomic E-state index is -3.90. The highest BCUT2D eigenvalue weighted by molar-refractivity contribution is 9.10. The number of likely N-dealkylation sites (tertiary alicyclic amines) is 1. The highest BCUT2D eigenvalue weighted by atomic mass is 79.9. The normalized spacial score (nSPS) is 15.4. The van der Waals surface area contributed by atoms with Crippen LogP contribution in [0.2, 0.25) is 0 Å². The summed E-state index contributed by atoms with van der Waals surface area (Å²) in [6.07, 6.45) is 2.33. The molecule has 1 aromatic heterocycles. The van der Waals surface area contributed by atoms with Crippen LogP contribution in [0.3, 0.4) is 0 Å². The van der Waals surface area contributed by atoms with Gasteiger partial charge in [0.1, 0.15) is 0 Å². The van der Waals surface area contributed by atoms with Crippen molar-refractivity contribution in [2.24, 2.45) is 0 Å². The summed E-state index contributed by atoms with van der Waals surface area (Å²) in [5, 5.41) is 9.79. The fourth-order valence-electron chi connectivity index (χ4n) is 4.07. The van der Waals surface area contributed by atoms with Crippen molar-refractivity contribution in [3.8, 4) is 0 Å². The first-order valence-corrected chi connectivity index (χ1v) is 11.6. The number of carboxylic acid groups (broad SMARTS) is 1. The summed E-state index contributed by atoms with van der Waals surface area (Å²) in [6.45, 7) is 0.813. The molecule has 0 atom stereocenters. The Kier molecular flexibility index (Phi) is 5.42. The van der Waals surface area contributed by atoms with E-state index in [0.29, 0.717) is 53.2 Å². The third-order valence-corrected chi connectivity index (χ3v) is 7.71. The van der Waals surface area contributed by atoms with Gasteiger partial charge < -0.3 is 10.0 Å². The van der Waals surface area contributed by atoms with Crippen LogP contribution in [0, 0.1) is 0 Å². The summed E-state index contributed by atoms with van der Waals surface area (Å²) in [6, 6.07) is 11.8. The Labute approximate surface area is 182 Å². The highest BCUT2D eigenvalue weighted by Gasteiger charge is 2.28. The van der Waals surface area contributed by atoms with Crippen LogP contribution in [0.15, 0.2) is 58.0 Å². The second-order valence-corrected chi connectivity index (χ2v) is 9.98. The average molecular weight is 491 g/mol. The van der Waals surface area contributed by atoms with Gasteiger partial charge in [0.15, 0.2) is 6.29 Å². The molecule has 1 aliphatic rings. The van der Waals surface area contributed by atoms with Gasteiger partial charge in [0.25, 0.3) is 10.0 Å². The molecule has 1 N–H and O–H groups in total. The molecule has 0 spiro atoms. The van der Waals surface area contributed by atoms with Gasteiger partial charge in [0.05, 0.1) is 10.4 Å². The number of benzene rings is 2. The molecule has 4 rings (SSSR count). The first kappa shape index (κ1) is 20.6. The molecule has 156 valence electrons. The van der Waals surface area contributed by atoms with E-state index < -0.39 is 16.1 Å². The molecule has 0 bridgehead atoms. The number of aromatic nitrogens is 1. The summed E-state index contributed by atoms with van der Waals surface area (Å²) in [4.78, 5) is 24.5. The first-order valence-electron chi connectivity index (χ1n) is 9.41. The number of piperidine rings is 1. The van der Waals surface area contributed by atoms with Crippen LogP contribution in [0.1, 0.15) is 34.7 Å². The molecule has 0 aliphatic carbocycles. The maximum Gasteiger partial charge on any atom is 0.407 e. The predicted molar refractivity (Wildman–Crippen MR) is 116 cm³/mol. The smallest absolute Gasteiger partial charge is 0.407 e. The van der Waals surface area contributed by atoms with Crippen molar-refractivity contribution >= 4 is 49.2 Å². The van der Waals surface area contributed by atoms with Crippen LogP contribution in [0.25, 0.3) is 10.9 Å². The number of fused-ring (bicyclic) bond motifs is 1. The van der Waals surface area contributed by atoms with E-state index >= 15 is 0 Å². The van der Waals surface area contributed by atoms with Gasteiger partial charge in [-0.05, 0) is 48.6 Å². The van der Waals surface area contributed by atoms with Gasteiger partial charge >= 0.3 is 6.09 Å². The fourth-order valence-corrected chi connectivity index (χ4v) is 6.04. The van der Waals surface area contributed by atoms with Crippen molar-refractivity contribution in [1.82, 2.24) is 8.87 Å². The first-order chi connectivity index (χ1) is 14.3. The van der Waals surface area contributed by atoms with Crippen LogP contribution < -0.4 is 0 Å². The maximum absolute atomic E-state index is 13.3. The molecule has 0 radical (unpaired) electrons. The zero-order valence-electron chi connectivity index (χ0n) is 15.9. The quantitative estimate of drug-likeness (QED) is 0.549. The van der Waals surface area contributed by atoms with Gasteiger partial charge in [0.2, 0.25) is 0 Å². The molecule has 7 nitrogen and oxygen atoms in total. The van der Waals surface area contributed by atoms with Crippen molar-refractivity contribution in [2.45, 2.75) is 23.7 Å². The van der Waals surface area contributed by atoms with Crippen molar-refractivity contribution in [3.63, 3.8) is 0 Å². The topological polar surface area (TPSA) is 96.7 Å². The summed E-state index contributed by atoms with van der Waals surface area (Å²) >= 11 is 3.30. The van der Waals surface area contributed by atoms with Crippen LogP contribution in [-0.2, 0) is 10.0 Å². The molecule has 2 heterocycles. The van der Waals surface area contributed by atoms with Crippen LogP contribution in [-0.4, -0.2) is 47.9 Å². The molecular formula is C21H19BrN2O5S. The van der Waals surface area contributed by atoms with E-state index in [2.05, 4.69) is 15.9 Å². The summed E-state index contributed by atoms with van der Waals surface area (Å²) in [7, 11) is -3.90. The Balaban J connectivity index is 1.83. The zero-order chi connectivity index (χ0) is 21.5. The van der Waals surface area contributed by atoms with Gasteiger partial charge in [-0.1, -0.05) is 34.1 Å². The fraction of sp³-hybridized carbons (Fsp3) is 0.238. The molecule has 1 amide bonds. The van der Waals surface area contributed by atoms with Crippen molar-refractivity contribution < 1.29 is 23.1 Å². The molecule has 0 saturated carbocycles. The average Bonchev–Trinajstić information content (AvgIpc) is 3.13. The molecule has 3 aromatic rings. The lowest BCUT2D eigenvalue weighted by Crippen LogP contribution is -2.36. The molecule has 30 heavy (non-hydrogen) atoms. The summed E-state index contributed by atoms with van der Waals surface area (Å²) in [5.41, 5.74) is 1.62. The second kappa shape index (κ2) is 7.88. The Morgan fingerprint density at radius 3 is 2.47 bits per heavy atom. The molecule has 1 aliphatic heterocycles. The lowest BCUT2D eigenvalue weighted by Gasteiger charge is -2.30. The number of hydrogen-bond acceptors (Lipinski definition) is 4. The van der Waals surface area contributed by atoms with Gasteiger partial charge in [-0.25, -0.2) is 17.2 Å². The largest absolute Gasteiger partial charge is 0.465 e. The third-order valence-electron chi connectivity index (χ3n) is 5.54. The van der Waals surface area contributed by atoms with Crippen LogP contribution in [0.4, 0.5) is 4.79 Å². The third kappa shape index (κ3) is 3.52. The Bertz CT molecular complexity index is 1240. The SMILES string of the molecule is O=Cc1cn(S(=O)(=O)c2cccc(Br)c2)c2cccc(C3CCN(C(=O)O)CC3)c12. The maximum atomic E-state index is 13.3. The summed E-state index contributed by atoms with van der Waals surface area (Å²) in [5.74, 6) is 0.0485. The van der Waals surface area contributed by atoms with Gasteiger partial charge in [-0.15, -0.1) is 0 Å². The van der Waals surface area contributed by atoms with E-state index in [9.17, 15) is 23.1 Å². The zero-order valence-corrected chi connectivity index (χ0v) is 18.3. The van der Waals surface area contributed by atoms with E-state index in [4.69, 9.17) is 0 Å². The minimum Gasteiger partial charge on any atom is -0.465 e. The van der Waals surface area contributed by atoms with Gasteiger partial charge in [0, 0.05) is 34.7 Å². The number of rotatable bonds is 4. The number of aldehydes is 1. The van der Waals surface area contributed by atoms with E-state index in [-0.39, 0.29) is 10.8 Å². The number of halogens is 1. The van der Waals surface area contributed by atoms with Crippen molar-refractivity contribution in [3.05, 3.63) is 64.3 Å². The second-order valence-electron chi connectivity index (χ2n) is 7.25.